The molecule has 4 nitrogen and oxygen atoms in total. The molecular formula is C13H14N2O2. The maximum Gasteiger partial charge on any atom is 0.316 e. The van der Waals surface area contributed by atoms with Crippen molar-refractivity contribution in [3.63, 3.8) is 0 Å². The van der Waals surface area contributed by atoms with E-state index in [1.807, 2.05) is 37.3 Å². The summed E-state index contributed by atoms with van der Waals surface area (Å²) < 4.78 is 10.2. The molecule has 0 spiro atoms. The van der Waals surface area contributed by atoms with Gasteiger partial charge in [-0.3, -0.25) is 0 Å². The normalized spacial score (nSPS) is 10.1. The van der Waals surface area contributed by atoms with E-state index in [1.54, 1.807) is 14.2 Å². The van der Waals surface area contributed by atoms with E-state index in [1.165, 1.54) is 0 Å². The number of hydrogen-bond acceptors (Lipinski definition) is 4. The van der Waals surface area contributed by atoms with Gasteiger partial charge >= 0.3 is 6.01 Å². The van der Waals surface area contributed by atoms with Gasteiger partial charge in [-0.05, 0) is 37.3 Å². The quantitative estimate of drug-likeness (QED) is 0.812. The van der Waals surface area contributed by atoms with Crippen molar-refractivity contribution in [2.75, 3.05) is 14.2 Å². The molecule has 1 aromatic carbocycles. The first-order valence-corrected chi connectivity index (χ1v) is 5.27. The van der Waals surface area contributed by atoms with E-state index >= 15 is 0 Å². The van der Waals surface area contributed by atoms with Crippen LogP contribution in [0.25, 0.3) is 11.3 Å². The number of aromatic nitrogens is 2. The summed E-state index contributed by atoms with van der Waals surface area (Å²) in [5.41, 5.74) is 2.73. The molecule has 1 heterocycles. The van der Waals surface area contributed by atoms with Crippen LogP contribution < -0.4 is 9.47 Å². The van der Waals surface area contributed by atoms with Gasteiger partial charge in [0.05, 0.1) is 19.9 Å². The largest absolute Gasteiger partial charge is 0.497 e. The summed E-state index contributed by atoms with van der Waals surface area (Å²) in [6.07, 6.45) is 0. The highest BCUT2D eigenvalue weighted by molar-refractivity contribution is 5.60. The average Bonchev–Trinajstić information content (AvgIpc) is 2.38. The minimum atomic E-state index is 0.385. The summed E-state index contributed by atoms with van der Waals surface area (Å²) in [5, 5.41) is 0. The molecule has 4 heteroatoms. The summed E-state index contributed by atoms with van der Waals surface area (Å²) in [4.78, 5) is 8.46. The van der Waals surface area contributed by atoms with E-state index in [9.17, 15) is 0 Å². The van der Waals surface area contributed by atoms with E-state index in [0.29, 0.717) is 6.01 Å². The van der Waals surface area contributed by atoms with Crippen molar-refractivity contribution in [1.82, 2.24) is 9.97 Å². The maximum absolute atomic E-state index is 5.12. The molecule has 2 rings (SSSR count). The summed E-state index contributed by atoms with van der Waals surface area (Å²) in [7, 11) is 3.21. The van der Waals surface area contributed by atoms with Crippen molar-refractivity contribution < 1.29 is 9.47 Å². The highest BCUT2D eigenvalue weighted by Gasteiger charge is 2.04. The monoisotopic (exact) mass is 230 g/mol. The first-order chi connectivity index (χ1) is 8.22. The zero-order chi connectivity index (χ0) is 12.3. The van der Waals surface area contributed by atoms with Gasteiger partial charge in [-0.15, -0.1) is 0 Å². The second-order valence-corrected chi connectivity index (χ2v) is 3.61. The molecule has 0 aliphatic rings. The van der Waals surface area contributed by atoms with E-state index in [4.69, 9.17) is 9.47 Å². The Bertz CT molecular complexity index is 509. The van der Waals surface area contributed by atoms with Crippen molar-refractivity contribution in [2.45, 2.75) is 6.92 Å². The smallest absolute Gasteiger partial charge is 0.316 e. The number of benzene rings is 1. The van der Waals surface area contributed by atoms with Crippen LogP contribution >= 0.6 is 0 Å². The summed E-state index contributed by atoms with van der Waals surface area (Å²) in [5.74, 6) is 0.825. The number of rotatable bonds is 3. The van der Waals surface area contributed by atoms with Crippen LogP contribution in [0.15, 0.2) is 30.3 Å². The second-order valence-electron chi connectivity index (χ2n) is 3.61. The zero-order valence-corrected chi connectivity index (χ0v) is 10.1. The Balaban J connectivity index is 2.41. The van der Waals surface area contributed by atoms with E-state index in [0.717, 1.165) is 22.7 Å². The molecule has 0 radical (unpaired) electrons. The number of aryl methyl sites for hydroxylation is 1. The van der Waals surface area contributed by atoms with Crippen LogP contribution in [0, 0.1) is 6.92 Å². The molecule has 0 aliphatic heterocycles. The van der Waals surface area contributed by atoms with Crippen molar-refractivity contribution in [1.29, 1.82) is 0 Å². The van der Waals surface area contributed by atoms with Gasteiger partial charge in [0.15, 0.2) is 0 Å². The number of nitrogens with zero attached hydrogens (tertiary/aromatic N) is 2. The molecule has 0 bridgehead atoms. The van der Waals surface area contributed by atoms with Crippen LogP contribution in [0.2, 0.25) is 0 Å². The lowest BCUT2D eigenvalue weighted by atomic mass is 10.1. The Morgan fingerprint density at radius 3 is 2.24 bits per heavy atom. The molecule has 0 atom stereocenters. The fraction of sp³-hybridized carbons (Fsp3) is 0.231. The van der Waals surface area contributed by atoms with Gasteiger partial charge in [0, 0.05) is 11.3 Å². The van der Waals surface area contributed by atoms with E-state index in [2.05, 4.69) is 9.97 Å². The Morgan fingerprint density at radius 2 is 1.65 bits per heavy atom. The average molecular weight is 230 g/mol. The Kier molecular flexibility index (Phi) is 3.23. The minimum Gasteiger partial charge on any atom is -0.497 e. The molecule has 0 saturated carbocycles. The standard InChI is InChI=1S/C13H14N2O2/c1-9-8-12(15-13(14-9)17-3)10-4-6-11(16-2)7-5-10/h4-8H,1-3H3. The van der Waals surface area contributed by atoms with Crippen LogP contribution in [-0.2, 0) is 0 Å². The fourth-order valence-electron chi connectivity index (χ4n) is 1.54. The number of hydrogen-bond donors (Lipinski definition) is 0. The predicted molar refractivity (Wildman–Crippen MR) is 65.3 cm³/mol. The summed E-state index contributed by atoms with van der Waals surface area (Å²) in [6, 6.07) is 10.0. The van der Waals surface area contributed by atoms with Crippen LogP contribution in [0.1, 0.15) is 5.69 Å². The summed E-state index contributed by atoms with van der Waals surface area (Å²) >= 11 is 0. The Morgan fingerprint density at radius 1 is 0.941 bits per heavy atom. The molecular weight excluding hydrogens is 216 g/mol. The molecule has 0 aliphatic carbocycles. The fourth-order valence-corrected chi connectivity index (χ4v) is 1.54. The molecule has 88 valence electrons. The van der Waals surface area contributed by atoms with Crippen LogP contribution in [-0.4, -0.2) is 24.2 Å². The SMILES string of the molecule is COc1ccc(-c2cc(C)nc(OC)n2)cc1. The highest BCUT2D eigenvalue weighted by atomic mass is 16.5. The van der Waals surface area contributed by atoms with Gasteiger partial charge in [0.25, 0.3) is 0 Å². The predicted octanol–water partition coefficient (Wildman–Crippen LogP) is 2.47. The minimum absolute atomic E-state index is 0.385. The Hall–Kier alpha value is -2.10. The van der Waals surface area contributed by atoms with Crippen molar-refractivity contribution in [3.05, 3.63) is 36.0 Å². The maximum atomic E-state index is 5.12. The Labute approximate surface area is 100 Å². The first kappa shape index (κ1) is 11.4. The van der Waals surface area contributed by atoms with Gasteiger partial charge in [-0.25, -0.2) is 4.98 Å². The molecule has 0 N–H and O–H groups in total. The van der Waals surface area contributed by atoms with Gasteiger partial charge in [0.2, 0.25) is 0 Å². The topological polar surface area (TPSA) is 44.2 Å². The molecule has 0 amide bonds. The molecule has 0 unspecified atom stereocenters. The van der Waals surface area contributed by atoms with Gasteiger partial charge < -0.3 is 9.47 Å². The third-order valence-electron chi connectivity index (χ3n) is 2.40. The van der Waals surface area contributed by atoms with Crippen molar-refractivity contribution in [3.8, 4) is 23.0 Å². The molecule has 1 aromatic heterocycles. The number of methoxy groups -OCH3 is 2. The molecule has 0 saturated heterocycles. The molecule has 2 aromatic rings. The lowest BCUT2D eigenvalue weighted by Gasteiger charge is -2.05. The van der Waals surface area contributed by atoms with E-state index in [-0.39, 0.29) is 0 Å². The van der Waals surface area contributed by atoms with Gasteiger partial charge in [0.1, 0.15) is 5.75 Å². The third-order valence-corrected chi connectivity index (χ3v) is 2.40. The molecule has 17 heavy (non-hydrogen) atoms. The highest BCUT2D eigenvalue weighted by Crippen LogP contribution is 2.22. The van der Waals surface area contributed by atoms with Crippen molar-refractivity contribution >= 4 is 0 Å². The lowest BCUT2D eigenvalue weighted by Crippen LogP contribution is -1.96. The van der Waals surface area contributed by atoms with Crippen LogP contribution in [0.3, 0.4) is 0 Å². The zero-order valence-electron chi connectivity index (χ0n) is 10.1. The second kappa shape index (κ2) is 4.82. The van der Waals surface area contributed by atoms with Crippen LogP contribution in [0.4, 0.5) is 0 Å². The van der Waals surface area contributed by atoms with Gasteiger partial charge in [-0.1, -0.05) is 0 Å². The first-order valence-electron chi connectivity index (χ1n) is 5.27. The third kappa shape index (κ3) is 2.53. The van der Waals surface area contributed by atoms with Crippen molar-refractivity contribution in [2.24, 2.45) is 0 Å². The van der Waals surface area contributed by atoms with E-state index < -0.39 is 0 Å². The number of ether oxygens (including phenoxy) is 2. The summed E-state index contributed by atoms with van der Waals surface area (Å²) in [6.45, 7) is 1.91. The molecule has 0 fully saturated rings. The van der Waals surface area contributed by atoms with Crippen LogP contribution in [0.5, 0.6) is 11.8 Å². The van der Waals surface area contributed by atoms with Gasteiger partial charge in [-0.2, -0.15) is 4.98 Å². The lowest BCUT2D eigenvalue weighted by molar-refractivity contribution is 0.379.